The molecule has 0 unspecified atom stereocenters. The van der Waals surface area contributed by atoms with Gasteiger partial charge in [0.2, 0.25) is 0 Å². The highest BCUT2D eigenvalue weighted by atomic mass is 79.9. The van der Waals surface area contributed by atoms with E-state index in [-0.39, 0.29) is 0 Å². The number of nitrogens with zero attached hydrogens (tertiary/aromatic N) is 3. The SMILES string of the molecule is Brc1cccc(-n2c(-c3ccccc3)nc3ccccc32)n1. The molecule has 0 amide bonds. The third-order valence-corrected chi connectivity index (χ3v) is 3.96. The molecule has 0 bridgehead atoms. The lowest BCUT2D eigenvalue weighted by Crippen LogP contribution is -2.00. The van der Waals surface area contributed by atoms with Crippen molar-refractivity contribution >= 4 is 27.0 Å². The van der Waals surface area contributed by atoms with Crippen LogP contribution in [0.3, 0.4) is 0 Å². The molecular weight excluding hydrogens is 338 g/mol. The van der Waals surface area contributed by atoms with Gasteiger partial charge >= 0.3 is 0 Å². The molecule has 2 heterocycles. The molecule has 106 valence electrons. The van der Waals surface area contributed by atoms with Crippen LogP contribution in [0.15, 0.2) is 77.4 Å². The number of imidazole rings is 1. The van der Waals surface area contributed by atoms with Gasteiger partial charge in [0.25, 0.3) is 0 Å². The lowest BCUT2D eigenvalue weighted by atomic mass is 10.2. The van der Waals surface area contributed by atoms with Crippen molar-refractivity contribution in [3.05, 3.63) is 77.4 Å². The average molecular weight is 350 g/mol. The summed E-state index contributed by atoms with van der Waals surface area (Å²) in [6, 6.07) is 24.2. The van der Waals surface area contributed by atoms with Gasteiger partial charge in [-0.25, -0.2) is 9.97 Å². The Labute approximate surface area is 136 Å². The van der Waals surface area contributed by atoms with Crippen molar-refractivity contribution in [2.45, 2.75) is 0 Å². The first-order chi connectivity index (χ1) is 10.8. The Morgan fingerprint density at radius 1 is 0.727 bits per heavy atom. The molecule has 3 nitrogen and oxygen atoms in total. The number of fused-ring (bicyclic) bond motifs is 1. The number of hydrogen-bond donors (Lipinski definition) is 0. The molecular formula is C18H12BrN3. The van der Waals surface area contributed by atoms with Crippen LogP contribution >= 0.6 is 15.9 Å². The minimum atomic E-state index is 0.807. The molecule has 2 aromatic heterocycles. The first kappa shape index (κ1) is 13.2. The van der Waals surface area contributed by atoms with E-state index >= 15 is 0 Å². The predicted octanol–water partition coefficient (Wildman–Crippen LogP) is 4.85. The Bertz CT molecular complexity index is 945. The second kappa shape index (κ2) is 5.39. The van der Waals surface area contributed by atoms with Crippen LogP contribution in [-0.2, 0) is 0 Å². The normalized spacial score (nSPS) is 11.0. The Morgan fingerprint density at radius 2 is 1.50 bits per heavy atom. The quantitative estimate of drug-likeness (QED) is 0.484. The van der Waals surface area contributed by atoms with Gasteiger partial charge in [0.1, 0.15) is 16.2 Å². The maximum atomic E-state index is 4.80. The Balaban J connectivity index is 2.07. The van der Waals surface area contributed by atoms with E-state index in [1.165, 1.54) is 0 Å². The van der Waals surface area contributed by atoms with Crippen LogP contribution in [0.4, 0.5) is 0 Å². The molecule has 0 saturated carbocycles. The number of halogens is 1. The van der Waals surface area contributed by atoms with E-state index in [0.717, 1.165) is 32.8 Å². The molecule has 2 aromatic carbocycles. The van der Waals surface area contributed by atoms with Gasteiger partial charge in [0.15, 0.2) is 0 Å². The summed E-state index contributed by atoms with van der Waals surface area (Å²) < 4.78 is 2.90. The summed E-state index contributed by atoms with van der Waals surface area (Å²) in [6.45, 7) is 0. The summed E-state index contributed by atoms with van der Waals surface area (Å²) in [5.41, 5.74) is 3.08. The first-order valence-electron chi connectivity index (χ1n) is 6.99. The van der Waals surface area contributed by atoms with E-state index < -0.39 is 0 Å². The zero-order chi connectivity index (χ0) is 14.9. The minimum absolute atomic E-state index is 0.807. The number of para-hydroxylation sites is 2. The van der Waals surface area contributed by atoms with Crippen LogP contribution in [0.25, 0.3) is 28.2 Å². The monoisotopic (exact) mass is 349 g/mol. The van der Waals surface area contributed by atoms with E-state index in [4.69, 9.17) is 4.98 Å². The number of rotatable bonds is 2. The van der Waals surface area contributed by atoms with Crippen molar-refractivity contribution in [1.82, 2.24) is 14.5 Å². The molecule has 4 aromatic rings. The van der Waals surface area contributed by atoms with Crippen LogP contribution < -0.4 is 0 Å². The summed E-state index contributed by atoms with van der Waals surface area (Å²) in [4.78, 5) is 9.39. The van der Waals surface area contributed by atoms with E-state index in [1.54, 1.807) is 0 Å². The predicted molar refractivity (Wildman–Crippen MR) is 92.0 cm³/mol. The van der Waals surface area contributed by atoms with Crippen molar-refractivity contribution in [2.24, 2.45) is 0 Å². The van der Waals surface area contributed by atoms with E-state index in [2.05, 4.69) is 43.7 Å². The molecule has 0 atom stereocenters. The Kier molecular flexibility index (Phi) is 3.24. The Hall–Kier alpha value is -2.46. The number of pyridine rings is 1. The van der Waals surface area contributed by atoms with Crippen molar-refractivity contribution in [3.63, 3.8) is 0 Å². The van der Waals surface area contributed by atoms with Crippen LogP contribution in [0.2, 0.25) is 0 Å². The summed E-state index contributed by atoms with van der Waals surface area (Å²) in [5, 5.41) is 0. The van der Waals surface area contributed by atoms with Crippen LogP contribution in [0.5, 0.6) is 0 Å². The lowest BCUT2D eigenvalue weighted by molar-refractivity contribution is 1.02. The lowest BCUT2D eigenvalue weighted by Gasteiger charge is -2.08. The maximum Gasteiger partial charge on any atom is 0.146 e. The van der Waals surface area contributed by atoms with Gasteiger partial charge in [-0.15, -0.1) is 0 Å². The third kappa shape index (κ3) is 2.22. The zero-order valence-corrected chi connectivity index (χ0v) is 13.2. The van der Waals surface area contributed by atoms with Gasteiger partial charge in [0.05, 0.1) is 11.0 Å². The van der Waals surface area contributed by atoms with Gasteiger partial charge in [-0.3, -0.25) is 4.57 Å². The van der Waals surface area contributed by atoms with Gasteiger partial charge in [-0.05, 0) is 40.2 Å². The van der Waals surface area contributed by atoms with Crippen LogP contribution in [0, 0.1) is 0 Å². The standard InChI is InChI=1S/C18H12BrN3/c19-16-11-6-12-17(21-16)22-15-10-5-4-9-14(15)20-18(22)13-7-2-1-3-8-13/h1-12H. The Morgan fingerprint density at radius 3 is 2.32 bits per heavy atom. The minimum Gasteiger partial charge on any atom is -0.276 e. The summed E-state index contributed by atoms with van der Waals surface area (Å²) in [6.07, 6.45) is 0. The average Bonchev–Trinajstić information content (AvgIpc) is 2.95. The van der Waals surface area contributed by atoms with Crippen molar-refractivity contribution < 1.29 is 0 Å². The largest absolute Gasteiger partial charge is 0.276 e. The van der Waals surface area contributed by atoms with E-state index in [9.17, 15) is 0 Å². The zero-order valence-electron chi connectivity index (χ0n) is 11.6. The molecule has 4 rings (SSSR count). The summed E-state index contributed by atoms with van der Waals surface area (Å²) >= 11 is 3.45. The fraction of sp³-hybridized carbons (Fsp3) is 0. The van der Waals surface area contributed by atoms with Crippen LogP contribution in [0.1, 0.15) is 0 Å². The topological polar surface area (TPSA) is 30.7 Å². The van der Waals surface area contributed by atoms with Crippen molar-refractivity contribution in [3.8, 4) is 17.2 Å². The van der Waals surface area contributed by atoms with Gasteiger partial charge in [-0.2, -0.15) is 0 Å². The highest BCUT2D eigenvalue weighted by Gasteiger charge is 2.14. The third-order valence-electron chi connectivity index (χ3n) is 3.52. The maximum absolute atomic E-state index is 4.80. The first-order valence-corrected chi connectivity index (χ1v) is 7.78. The molecule has 0 spiro atoms. The number of hydrogen-bond acceptors (Lipinski definition) is 2. The highest BCUT2D eigenvalue weighted by molar-refractivity contribution is 9.10. The van der Waals surface area contributed by atoms with Crippen LogP contribution in [-0.4, -0.2) is 14.5 Å². The van der Waals surface area contributed by atoms with Gasteiger partial charge in [-0.1, -0.05) is 48.5 Å². The molecule has 0 fully saturated rings. The fourth-order valence-corrected chi connectivity index (χ4v) is 2.90. The molecule has 4 heteroatoms. The highest BCUT2D eigenvalue weighted by Crippen LogP contribution is 2.28. The summed E-state index contributed by atoms with van der Waals surface area (Å²) in [7, 11) is 0. The van der Waals surface area contributed by atoms with E-state index in [1.807, 2.05) is 54.6 Å². The molecule has 0 aliphatic rings. The van der Waals surface area contributed by atoms with E-state index in [0.29, 0.717) is 0 Å². The molecule has 0 aliphatic heterocycles. The number of benzene rings is 2. The van der Waals surface area contributed by atoms with Crippen molar-refractivity contribution in [1.29, 1.82) is 0 Å². The molecule has 22 heavy (non-hydrogen) atoms. The summed E-state index contributed by atoms with van der Waals surface area (Å²) in [5.74, 6) is 1.74. The second-order valence-electron chi connectivity index (χ2n) is 4.94. The molecule has 0 aliphatic carbocycles. The fourth-order valence-electron chi connectivity index (χ4n) is 2.56. The molecule has 0 N–H and O–H groups in total. The smallest absolute Gasteiger partial charge is 0.146 e. The van der Waals surface area contributed by atoms with Crippen molar-refractivity contribution in [2.75, 3.05) is 0 Å². The van der Waals surface area contributed by atoms with Gasteiger partial charge < -0.3 is 0 Å². The van der Waals surface area contributed by atoms with Gasteiger partial charge in [0, 0.05) is 5.56 Å². The second-order valence-corrected chi connectivity index (χ2v) is 5.76. The number of aromatic nitrogens is 3. The molecule has 0 saturated heterocycles. The molecule has 0 radical (unpaired) electrons.